The number of methoxy groups -OCH3 is 1. The van der Waals surface area contributed by atoms with E-state index in [0.29, 0.717) is 12.5 Å². The predicted octanol–water partition coefficient (Wildman–Crippen LogP) is 2.32. The molecule has 2 rings (SSSR count). The zero-order valence-corrected chi connectivity index (χ0v) is 13.3. The van der Waals surface area contributed by atoms with Gasteiger partial charge in [-0.25, -0.2) is 4.98 Å². The normalized spacial score (nSPS) is 10.3. The van der Waals surface area contributed by atoms with Crippen LogP contribution in [0.3, 0.4) is 0 Å². The molecule has 0 unspecified atom stereocenters. The molecule has 0 fully saturated rings. The maximum absolute atomic E-state index is 12.2. The highest BCUT2D eigenvalue weighted by atomic mass is 16.5. The van der Waals surface area contributed by atoms with Gasteiger partial charge in [-0.05, 0) is 23.9 Å². The Kier molecular flexibility index (Phi) is 5.91. The van der Waals surface area contributed by atoms with Gasteiger partial charge in [0, 0.05) is 5.39 Å². The van der Waals surface area contributed by atoms with Crippen molar-refractivity contribution in [1.82, 2.24) is 10.3 Å². The Morgan fingerprint density at radius 3 is 2.78 bits per heavy atom. The first-order chi connectivity index (χ1) is 11.2. The summed E-state index contributed by atoms with van der Waals surface area (Å²) in [5.74, 6) is -0.528. The van der Waals surface area contributed by atoms with Crippen LogP contribution < -0.4 is 10.1 Å². The van der Waals surface area contributed by atoms with Gasteiger partial charge in [-0.1, -0.05) is 31.5 Å². The molecule has 0 aliphatic carbocycles. The lowest BCUT2D eigenvalue weighted by molar-refractivity contribution is -0.142. The molecule has 122 valence electrons. The van der Waals surface area contributed by atoms with E-state index in [1.165, 1.54) is 7.11 Å². The lowest BCUT2D eigenvalue weighted by Crippen LogP contribution is -2.31. The van der Waals surface area contributed by atoms with Crippen molar-refractivity contribution in [3.05, 3.63) is 36.0 Å². The number of fused-ring (bicyclic) bond motifs is 1. The van der Waals surface area contributed by atoms with Crippen LogP contribution in [-0.2, 0) is 9.53 Å². The van der Waals surface area contributed by atoms with E-state index in [4.69, 9.17) is 9.47 Å². The van der Waals surface area contributed by atoms with Crippen LogP contribution in [0, 0.1) is 0 Å². The fraction of sp³-hybridized carbons (Fsp3) is 0.353. The highest BCUT2D eigenvalue weighted by Crippen LogP contribution is 2.23. The highest BCUT2D eigenvalue weighted by molar-refractivity contribution is 5.99. The van der Waals surface area contributed by atoms with Gasteiger partial charge in [0.2, 0.25) is 5.88 Å². The topological polar surface area (TPSA) is 77.5 Å². The Labute approximate surface area is 134 Å². The predicted molar refractivity (Wildman–Crippen MR) is 86.5 cm³/mol. The highest BCUT2D eigenvalue weighted by Gasteiger charge is 2.13. The number of benzene rings is 1. The molecule has 23 heavy (non-hydrogen) atoms. The molecule has 1 amide bonds. The van der Waals surface area contributed by atoms with Crippen LogP contribution >= 0.6 is 0 Å². The number of hydrogen-bond acceptors (Lipinski definition) is 5. The number of nitrogens with one attached hydrogen (secondary N) is 1. The van der Waals surface area contributed by atoms with Crippen LogP contribution in [-0.4, -0.2) is 37.1 Å². The Balaban J connectivity index is 2.05. The number of hydrogen-bond donors (Lipinski definition) is 1. The van der Waals surface area contributed by atoms with E-state index in [9.17, 15) is 9.59 Å². The van der Waals surface area contributed by atoms with E-state index in [-0.39, 0.29) is 12.2 Å². The van der Waals surface area contributed by atoms with Gasteiger partial charge in [-0.15, -0.1) is 0 Å². The van der Waals surface area contributed by atoms with Crippen molar-refractivity contribution in [2.45, 2.75) is 19.8 Å². The minimum absolute atomic E-state index is 0.181. The van der Waals surface area contributed by atoms with E-state index >= 15 is 0 Å². The van der Waals surface area contributed by atoms with Gasteiger partial charge < -0.3 is 14.8 Å². The number of carbonyl (C=O) groups is 2. The smallest absolute Gasteiger partial charge is 0.325 e. The standard InChI is InChI=1S/C17H20N2O4/c1-3-4-9-23-15(20)11-18-16(21)14-10-12-7-5-6-8-13(12)17(19-14)22-2/h5-8,10H,3-4,9,11H2,1-2H3,(H,18,21). The molecule has 6 heteroatoms. The Morgan fingerprint density at radius 1 is 1.26 bits per heavy atom. The van der Waals surface area contributed by atoms with E-state index in [0.717, 1.165) is 23.6 Å². The number of nitrogens with zero attached hydrogens (tertiary/aromatic N) is 1. The van der Waals surface area contributed by atoms with Gasteiger partial charge in [-0.2, -0.15) is 0 Å². The Morgan fingerprint density at radius 2 is 2.04 bits per heavy atom. The number of aromatic nitrogens is 1. The number of amides is 1. The van der Waals surface area contributed by atoms with Crippen LogP contribution in [0.15, 0.2) is 30.3 Å². The van der Waals surface area contributed by atoms with Crippen molar-refractivity contribution >= 4 is 22.6 Å². The summed E-state index contributed by atoms with van der Waals surface area (Å²) in [5.41, 5.74) is 0.196. The second-order valence-corrected chi connectivity index (χ2v) is 4.99. The lowest BCUT2D eigenvalue weighted by atomic mass is 10.1. The molecule has 0 atom stereocenters. The summed E-state index contributed by atoms with van der Waals surface area (Å²) in [5, 5.41) is 4.18. The molecule has 0 aliphatic heterocycles. The molecule has 1 aromatic heterocycles. The van der Waals surface area contributed by atoms with E-state index in [1.54, 1.807) is 6.07 Å². The lowest BCUT2D eigenvalue weighted by Gasteiger charge is -2.09. The molecule has 0 bridgehead atoms. The summed E-state index contributed by atoms with van der Waals surface area (Å²) in [4.78, 5) is 27.8. The number of pyridine rings is 1. The minimum atomic E-state index is -0.459. The molecule has 0 spiro atoms. The first kappa shape index (κ1) is 16.7. The van der Waals surface area contributed by atoms with Gasteiger partial charge >= 0.3 is 5.97 Å². The SMILES string of the molecule is CCCCOC(=O)CNC(=O)c1cc2ccccc2c(OC)n1. The summed E-state index contributed by atoms with van der Waals surface area (Å²) in [6.07, 6.45) is 1.75. The fourth-order valence-corrected chi connectivity index (χ4v) is 2.06. The molecule has 0 saturated heterocycles. The zero-order valence-electron chi connectivity index (χ0n) is 13.3. The van der Waals surface area contributed by atoms with Crippen LogP contribution in [0.4, 0.5) is 0 Å². The molecule has 1 aromatic carbocycles. The van der Waals surface area contributed by atoms with Crippen LogP contribution in [0.25, 0.3) is 10.8 Å². The Hall–Kier alpha value is -2.63. The summed E-state index contributed by atoms with van der Waals surface area (Å²) in [7, 11) is 1.50. The van der Waals surface area contributed by atoms with Gasteiger partial charge in [0.05, 0.1) is 13.7 Å². The maximum Gasteiger partial charge on any atom is 0.325 e. The van der Waals surface area contributed by atoms with Crippen molar-refractivity contribution in [3.63, 3.8) is 0 Å². The van der Waals surface area contributed by atoms with E-state index in [2.05, 4.69) is 10.3 Å². The van der Waals surface area contributed by atoms with Crippen LogP contribution in [0.1, 0.15) is 30.3 Å². The molecule has 0 saturated carbocycles. The Bertz CT molecular complexity index is 700. The molecule has 2 aromatic rings. The van der Waals surface area contributed by atoms with Gasteiger partial charge in [0.15, 0.2) is 0 Å². The number of esters is 1. The molecule has 1 heterocycles. The summed E-state index contributed by atoms with van der Waals surface area (Å²) in [6, 6.07) is 9.14. The molecule has 0 aliphatic rings. The average molecular weight is 316 g/mol. The van der Waals surface area contributed by atoms with Gasteiger partial charge in [-0.3, -0.25) is 9.59 Å². The van der Waals surface area contributed by atoms with Crippen LogP contribution in [0.5, 0.6) is 5.88 Å². The first-order valence-electron chi connectivity index (χ1n) is 7.53. The van der Waals surface area contributed by atoms with Crippen LogP contribution in [0.2, 0.25) is 0 Å². The number of rotatable bonds is 7. The van der Waals surface area contributed by atoms with Crippen molar-refractivity contribution in [3.8, 4) is 5.88 Å². The second-order valence-electron chi connectivity index (χ2n) is 4.99. The first-order valence-corrected chi connectivity index (χ1v) is 7.53. The van der Waals surface area contributed by atoms with Crippen molar-refractivity contribution in [2.75, 3.05) is 20.3 Å². The number of carbonyl (C=O) groups excluding carboxylic acids is 2. The van der Waals surface area contributed by atoms with Gasteiger partial charge in [0.1, 0.15) is 12.2 Å². The molecule has 6 nitrogen and oxygen atoms in total. The third-order valence-corrected chi connectivity index (χ3v) is 3.29. The maximum atomic E-state index is 12.2. The monoisotopic (exact) mass is 316 g/mol. The quantitative estimate of drug-likeness (QED) is 0.626. The fourth-order valence-electron chi connectivity index (χ4n) is 2.06. The molecule has 1 N–H and O–H groups in total. The van der Waals surface area contributed by atoms with E-state index < -0.39 is 11.9 Å². The van der Waals surface area contributed by atoms with Crippen molar-refractivity contribution < 1.29 is 19.1 Å². The molecular formula is C17H20N2O4. The van der Waals surface area contributed by atoms with Crippen molar-refractivity contribution in [2.24, 2.45) is 0 Å². The molecular weight excluding hydrogens is 296 g/mol. The summed E-state index contributed by atoms with van der Waals surface area (Å²) < 4.78 is 10.2. The third kappa shape index (κ3) is 4.42. The largest absolute Gasteiger partial charge is 0.481 e. The zero-order chi connectivity index (χ0) is 16.7. The third-order valence-electron chi connectivity index (χ3n) is 3.29. The molecule has 0 radical (unpaired) electrons. The minimum Gasteiger partial charge on any atom is -0.481 e. The van der Waals surface area contributed by atoms with E-state index in [1.807, 2.05) is 31.2 Å². The second kappa shape index (κ2) is 8.12. The summed E-state index contributed by atoms with van der Waals surface area (Å²) >= 11 is 0. The number of unbranched alkanes of at least 4 members (excludes halogenated alkanes) is 1. The summed E-state index contributed by atoms with van der Waals surface area (Å²) in [6.45, 7) is 2.20. The van der Waals surface area contributed by atoms with Gasteiger partial charge in [0.25, 0.3) is 5.91 Å². The van der Waals surface area contributed by atoms with Crippen molar-refractivity contribution in [1.29, 1.82) is 0 Å². The number of ether oxygens (including phenoxy) is 2. The average Bonchev–Trinajstić information content (AvgIpc) is 2.58.